The van der Waals surface area contributed by atoms with E-state index in [0.29, 0.717) is 0 Å². The summed E-state index contributed by atoms with van der Waals surface area (Å²) in [6.07, 6.45) is -0.867. The van der Waals surface area contributed by atoms with Crippen LogP contribution >= 0.6 is 23.2 Å². The van der Waals surface area contributed by atoms with Crippen molar-refractivity contribution in [1.29, 1.82) is 0 Å². The van der Waals surface area contributed by atoms with Gasteiger partial charge in [0.1, 0.15) is 4.90 Å². The minimum Gasteiger partial charge on any atom is -0.391 e. The van der Waals surface area contributed by atoms with Gasteiger partial charge in [-0.05, 0) is 32.9 Å². The molecule has 1 aromatic rings. The van der Waals surface area contributed by atoms with Gasteiger partial charge in [0, 0.05) is 0 Å². The van der Waals surface area contributed by atoms with Crippen molar-refractivity contribution in [1.82, 2.24) is 4.72 Å². The molecule has 2 N–H and O–H groups in total. The zero-order valence-corrected chi connectivity index (χ0v) is 12.6. The predicted molar refractivity (Wildman–Crippen MR) is 72.5 cm³/mol. The summed E-state index contributed by atoms with van der Waals surface area (Å²) in [5, 5.41) is 9.61. The van der Waals surface area contributed by atoms with Gasteiger partial charge >= 0.3 is 0 Å². The summed E-state index contributed by atoms with van der Waals surface area (Å²) in [6.45, 7) is 4.64. The van der Waals surface area contributed by atoms with Crippen LogP contribution < -0.4 is 4.72 Å². The van der Waals surface area contributed by atoms with Gasteiger partial charge in [0.25, 0.3) is 0 Å². The predicted octanol–water partition coefficient (Wildman–Crippen LogP) is 2.43. The number of hydrogen-bond acceptors (Lipinski definition) is 3. The average molecular weight is 312 g/mol. The minimum absolute atomic E-state index is 0.0383. The van der Waals surface area contributed by atoms with Gasteiger partial charge in [-0.1, -0.05) is 29.3 Å². The van der Waals surface area contributed by atoms with Crippen molar-refractivity contribution in [3.8, 4) is 0 Å². The molecule has 0 spiro atoms. The van der Waals surface area contributed by atoms with E-state index in [1.807, 2.05) is 0 Å². The van der Waals surface area contributed by atoms with Gasteiger partial charge < -0.3 is 5.11 Å². The molecule has 0 aliphatic heterocycles. The van der Waals surface area contributed by atoms with E-state index in [1.54, 1.807) is 19.9 Å². The van der Waals surface area contributed by atoms with Gasteiger partial charge in [0.2, 0.25) is 10.0 Å². The topological polar surface area (TPSA) is 66.4 Å². The van der Waals surface area contributed by atoms with Crippen molar-refractivity contribution in [2.24, 2.45) is 0 Å². The Balaban J connectivity index is 3.24. The lowest BCUT2D eigenvalue weighted by atomic mass is 10.0. The molecule has 0 saturated heterocycles. The van der Waals surface area contributed by atoms with E-state index >= 15 is 0 Å². The minimum atomic E-state index is -3.90. The van der Waals surface area contributed by atoms with Crippen LogP contribution in [0.5, 0.6) is 0 Å². The summed E-state index contributed by atoms with van der Waals surface area (Å²) < 4.78 is 26.8. The third kappa shape index (κ3) is 3.36. The molecule has 0 saturated carbocycles. The Morgan fingerprint density at radius 3 is 2.11 bits per heavy atom. The summed E-state index contributed by atoms with van der Waals surface area (Å²) in [5.41, 5.74) is -1.03. The maximum Gasteiger partial charge on any atom is 0.244 e. The first-order chi connectivity index (χ1) is 8.08. The van der Waals surface area contributed by atoms with Gasteiger partial charge in [0.05, 0.1) is 21.7 Å². The third-order valence-electron chi connectivity index (χ3n) is 2.63. The van der Waals surface area contributed by atoms with Crippen molar-refractivity contribution < 1.29 is 13.5 Å². The van der Waals surface area contributed by atoms with Gasteiger partial charge in [-0.15, -0.1) is 0 Å². The Morgan fingerprint density at radius 1 is 1.28 bits per heavy atom. The zero-order valence-electron chi connectivity index (χ0n) is 10.2. The van der Waals surface area contributed by atoms with Crippen LogP contribution in [0.25, 0.3) is 0 Å². The van der Waals surface area contributed by atoms with Gasteiger partial charge in [-0.2, -0.15) is 0 Å². The molecule has 0 aromatic heterocycles. The Bertz CT molecular complexity index is 521. The van der Waals surface area contributed by atoms with Crippen LogP contribution in [0.4, 0.5) is 0 Å². The molecule has 18 heavy (non-hydrogen) atoms. The molecule has 1 rings (SSSR count). The van der Waals surface area contributed by atoms with Crippen LogP contribution in [0.3, 0.4) is 0 Å². The molecule has 4 nitrogen and oxygen atoms in total. The highest BCUT2D eigenvalue weighted by Gasteiger charge is 2.32. The van der Waals surface area contributed by atoms with Gasteiger partial charge in [-0.3, -0.25) is 0 Å². The molecule has 102 valence electrons. The van der Waals surface area contributed by atoms with Gasteiger partial charge in [-0.25, -0.2) is 13.1 Å². The van der Waals surface area contributed by atoms with Crippen LogP contribution in [0, 0.1) is 0 Å². The second-order valence-electron chi connectivity index (χ2n) is 4.55. The van der Waals surface area contributed by atoms with Crippen molar-refractivity contribution >= 4 is 33.2 Å². The molecule has 0 radical (unpaired) electrons. The van der Waals surface area contributed by atoms with Crippen LogP contribution in [0.15, 0.2) is 23.1 Å². The normalized spacial score (nSPS) is 14.6. The van der Waals surface area contributed by atoms with E-state index in [9.17, 15) is 13.5 Å². The van der Waals surface area contributed by atoms with Crippen LogP contribution in [-0.4, -0.2) is 25.2 Å². The summed E-state index contributed by atoms with van der Waals surface area (Å²) >= 11 is 11.7. The molecule has 0 aliphatic carbocycles. The van der Waals surface area contributed by atoms with Crippen molar-refractivity contribution in [3.63, 3.8) is 0 Å². The number of halogens is 2. The van der Waals surface area contributed by atoms with E-state index in [1.165, 1.54) is 19.1 Å². The quantitative estimate of drug-likeness (QED) is 0.897. The Labute approximate surface area is 117 Å². The molecule has 1 atom stereocenters. The number of sulfonamides is 1. The van der Waals surface area contributed by atoms with E-state index in [-0.39, 0.29) is 14.9 Å². The largest absolute Gasteiger partial charge is 0.391 e. The number of rotatable bonds is 4. The molecular weight excluding hydrogens is 297 g/mol. The van der Waals surface area contributed by atoms with E-state index in [0.717, 1.165) is 0 Å². The molecule has 0 bridgehead atoms. The number of nitrogens with one attached hydrogen (secondary N) is 1. The second-order valence-corrected chi connectivity index (χ2v) is 6.99. The summed E-state index contributed by atoms with van der Waals surface area (Å²) in [6, 6.07) is 4.44. The smallest absolute Gasteiger partial charge is 0.244 e. The Morgan fingerprint density at radius 2 is 1.72 bits per heavy atom. The van der Waals surface area contributed by atoms with Crippen molar-refractivity contribution in [3.05, 3.63) is 28.2 Å². The Hall–Kier alpha value is -0.330. The third-order valence-corrected chi connectivity index (χ3v) is 5.26. The monoisotopic (exact) mass is 311 g/mol. The molecular formula is C11H15Cl2NO3S. The maximum absolute atomic E-state index is 12.2. The number of benzene rings is 1. The standard InChI is InChI=1S/C11H15Cl2NO3S/c1-7(15)11(2,3)14-18(16,17)10-8(12)5-4-6-9(10)13/h4-7,14-15H,1-3H3. The van der Waals surface area contributed by atoms with Crippen LogP contribution in [-0.2, 0) is 10.0 Å². The average Bonchev–Trinajstić information content (AvgIpc) is 2.14. The number of aliphatic hydroxyl groups is 1. The summed E-state index contributed by atoms with van der Waals surface area (Å²) in [4.78, 5) is -0.179. The molecule has 1 aromatic carbocycles. The highest BCUT2D eigenvalue weighted by Crippen LogP contribution is 2.29. The first kappa shape index (κ1) is 15.7. The summed E-state index contributed by atoms with van der Waals surface area (Å²) in [7, 11) is -3.90. The lowest BCUT2D eigenvalue weighted by Gasteiger charge is -2.29. The second kappa shape index (κ2) is 5.35. The number of hydrogen-bond donors (Lipinski definition) is 2. The SMILES string of the molecule is CC(O)C(C)(C)NS(=O)(=O)c1c(Cl)cccc1Cl. The van der Waals surface area contributed by atoms with Crippen LogP contribution in [0.2, 0.25) is 10.0 Å². The molecule has 0 fully saturated rings. The number of aliphatic hydroxyl groups excluding tert-OH is 1. The Kier molecular flexibility index (Phi) is 4.67. The van der Waals surface area contributed by atoms with Crippen LogP contribution in [0.1, 0.15) is 20.8 Å². The van der Waals surface area contributed by atoms with Gasteiger partial charge in [0.15, 0.2) is 0 Å². The summed E-state index contributed by atoms with van der Waals surface area (Å²) in [5.74, 6) is 0. The van der Waals surface area contributed by atoms with Crippen molar-refractivity contribution in [2.75, 3.05) is 0 Å². The van der Waals surface area contributed by atoms with Crippen molar-refractivity contribution in [2.45, 2.75) is 37.3 Å². The fourth-order valence-electron chi connectivity index (χ4n) is 1.22. The molecule has 0 amide bonds. The molecule has 7 heteroatoms. The lowest BCUT2D eigenvalue weighted by molar-refractivity contribution is 0.111. The first-order valence-corrected chi connectivity index (χ1v) is 7.48. The highest BCUT2D eigenvalue weighted by molar-refractivity contribution is 7.89. The molecule has 1 unspecified atom stereocenters. The fourth-order valence-corrected chi connectivity index (χ4v) is 3.84. The van der Waals surface area contributed by atoms with E-state index < -0.39 is 21.7 Å². The zero-order chi connectivity index (χ0) is 14.1. The molecule has 0 heterocycles. The first-order valence-electron chi connectivity index (χ1n) is 5.24. The highest BCUT2D eigenvalue weighted by atomic mass is 35.5. The lowest BCUT2D eigenvalue weighted by Crippen LogP contribution is -2.50. The molecule has 0 aliphatic rings. The van der Waals surface area contributed by atoms with E-state index in [4.69, 9.17) is 23.2 Å². The fraction of sp³-hybridized carbons (Fsp3) is 0.455. The van der Waals surface area contributed by atoms with E-state index in [2.05, 4.69) is 4.72 Å². The maximum atomic E-state index is 12.2.